The average Bonchev–Trinajstić information content (AvgIpc) is 2.50. The maximum absolute atomic E-state index is 13.1. The largest absolute Gasteiger partial charge is 0.481 e. The van der Waals surface area contributed by atoms with E-state index in [0.29, 0.717) is 10.9 Å². The fourth-order valence-corrected chi connectivity index (χ4v) is 2.73. The lowest BCUT2D eigenvalue weighted by atomic mass is 9.92. The molecule has 0 saturated heterocycles. The van der Waals surface area contributed by atoms with E-state index in [2.05, 4.69) is 4.98 Å². The third kappa shape index (κ3) is 2.91. The molecule has 2 aromatic rings. The van der Waals surface area contributed by atoms with Gasteiger partial charge in [0.05, 0.1) is 13.7 Å². The van der Waals surface area contributed by atoms with E-state index in [0.717, 1.165) is 22.3 Å². The van der Waals surface area contributed by atoms with Crippen molar-refractivity contribution in [2.24, 2.45) is 0 Å². The van der Waals surface area contributed by atoms with Gasteiger partial charge in [-0.25, -0.2) is 13.8 Å². The predicted molar refractivity (Wildman–Crippen MR) is 79.5 cm³/mol. The molecular formula is C16H14ClF2NO2. The summed E-state index contributed by atoms with van der Waals surface area (Å²) < 4.78 is 36.7. The zero-order valence-corrected chi connectivity index (χ0v) is 12.6. The first kappa shape index (κ1) is 15.2. The summed E-state index contributed by atoms with van der Waals surface area (Å²) in [7, 11) is 1.53. The van der Waals surface area contributed by atoms with Crippen LogP contribution in [-0.4, -0.2) is 24.6 Å². The van der Waals surface area contributed by atoms with E-state index in [4.69, 9.17) is 21.1 Å². The minimum Gasteiger partial charge on any atom is -0.481 e. The zero-order valence-electron chi connectivity index (χ0n) is 11.9. The Morgan fingerprint density at radius 1 is 1.27 bits per heavy atom. The van der Waals surface area contributed by atoms with Crippen molar-refractivity contribution in [2.75, 3.05) is 7.11 Å². The second kappa shape index (κ2) is 6.18. The van der Waals surface area contributed by atoms with Crippen molar-refractivity contribution < 1.29 is 18.3 Å². The van der Waals surface area contributed by atoms with Gasteiger partial charge >= 0.3 is 0 Å². The molecule has 0 spiro atoms. The van der Waals surface area contributed by atoms with E-state index in [1.54, 1.807) is 30.5 Å². The molecule has 0 bridgehead atoms. The number of nitrogens with zero attached hydrogens (tertiary/aromatic N) is 1. The summed E-state index contributed by atoms with van der Waals surface area (Å²) in [6.45, 7) is 0.0767. The highest BCUT2D eigenvalue weighted by atomic mass is 35.5. The van der Waals surface area contributed by atoms with E-state index >= 15 is 0 Å². The minimum atomic E-state index is -2.55. The van der Waals surface area contributed by atoms with Gasteiger partial charge in [0.25, 0.3) is 6.43 Å². The van der Waals surface area contributed by atoms with Gasteiger partial charge < -0.3 is 9.47 Å². The number of rotatable bonds is 2. The van der Waals surface area contributed by atoms with Crippen LogP contribution in [-0.2, 0) is 17.8 Å². The van der Waals surface area contributed by atoms with Gasteiger partial charge in [-0.05, 0) is 28.8 Å². The van der Waals surface area contributed by atoms with Gasteiger partial charge in [-0.2, -0.15) is 0 Å². The highest BCUT2D eigenvalue weighted by Gasteiger charge is 2.26. The number of alkyl halides is 2. The van der Waals surface area contributed by atoms with Crippen LogP contribution in [0.5, 0.6) is 5.88 Å². The number of ether oxygens (including phenoxy) is 2. The van der Waals surface area contributed by atoms with Crippen molar-refractivity contribution in [1.29, 1.82) is 0 Å². The number of halogens is 3. The van der Waals surface area contributed by atoms with Gasteiger partial charge in [0, 0.05) is 29.3 Å². The fourth-order valence-electron chi connectivity index (χ4n) is 2.55. The Bertz CT molecular complexity index is 694. The van der Waals surface area contributed by atoms with Crippen LogP contribution >= 0.6 is 11.6 Å². The molecule has 2 heterocycles. The van der Waals surface area contributed by atoms with Crippen LogP contribution in [0.4, 0.5) is 8.78 Å². The third-order valence-electron chi connectivity index (χ3n) is 3.69. The molecule has 116 valence electrons. The molecule has 3 nitrogen and oxygen atoms in total. The van der Waals surface area contributed by atoms with Crippen LogP contribution in [0.3, 0.4) is 0 Å². The number of hydrogen-bond donors (Lipinski definition) is 0. The Hall–Kier alpha value is -1.72. The maximum Gasteiger partial charge on any atom is 0.264 e. The highest BCUT2D eigenvalue weighted by Crippen LogP contribution is 2.35. The van der Waals surface area contributed by atoms with Gasteiger partial charge in [-0.1, -0.05) is 17.7 Å². The molecule has 6 heteroatoms. The molecule has 1 atom stereocenters. The number of hydrogen-bond acceptors (Lipinski definition) is 3. The van der Waals surface area contributed by atoms with Crippen molar-refractivity contribution in [1.82, 2.24) is 4.98 Å². The summed E-state index contributed by atoms with van der Waals surface area (Å²) in [5.74, 6) is 0.454. The quantitative estimate of drug-likeness (QED) is 0.832. The molecule has 22 heavy (non-hydrogen) atoms. The predicted octanol–water partition coefficient (Wildman–Crippen LogP) is 4.12. The lowest BCUT2D eigenvalue weighted by Crippen LogP contribution is -2.26. The summed E-state index contributed by atoms with van der Waals surface area (Å²) in [6.07, 6.45) is -1.97. The molecule has 0 saturated carbocycles. The molecule has 0 aliphatic carbocycles. The number of benzene rings is 1. The first-order valence-corrected chi connectivity index (χ1v) is 7.17. The summed E-state index contributed by atoms with van der Waals surface area (Å²) >= 11 is 6.08. The molecule has 1 aliphatic rings. The topological polar surface area (TPSA) is 31.4 Å². The summed E-state index contributed by atoms with van der Waals surface area (Å²) in [5.41, 5.74) is 3.16. The first-order valence-electron chi connectivity index (χ1n) is 6.80. The molecular weight excluding hydrogens is 312 g/mol. The van der Waals surface area contributed by atoms with Gasteiger partial charge in [0.15, 0.2) is 0 Å². The number of pyridine rings is 1. The van der Waals surface area contributed by atoms with Crippen molar-refractivity contribution in [2.45, 2.75) is 25.6 Å². The van der Waals surface area contributed by atoms with Crippen molar-refractivity contribution in [3.8, 4) is 17.0 Å². The van der Waals surface area contributed by atoms with Crippen molar-refractivity contribution >= 4 is 11.6 Å². The number of methoxy groups -OCH3 is 1. The SMILES string of the molecule is COc1cc2c(cn1)COC(C(F)F)Cc1ccc(Cl)cc1-2. The standard InChI is InChI=1S/C16H14ClF2NO2/c1-21-15-6-13-10(7-20-15)8-22-14(16(18)19)4-9-2-3-11(17)5-12(9)13/h2-3,5-7,14,16H,4,8H2,1H3. The van der Waals surface area contributed by atoms with Gasteiger partial charge in [0.1, 0.15) is 6.10 Å². The first-order chi connectivity index (χ1) is 10.6. The molecule has 0 N–H and O–H groups in total. The van der Waals surface area contributed by atoms with Crippen molar-refractivity contribution in [3.63, 3.8) is 0 Å². The lowest BCUT2D eigenvalue weighted by molar-refractivity contribution is -0.0629. The molecule has 1 aromatic carbocycles. The maximum atomic E-state index is 13.1. The van der Waals surface area contributed by atoms with E-state index in [1.807, 2.05) is 0 Å². The Morgan fingerprint density at radius 2 is 2.05 bits per heavy atom. The number of fused-ring (bicyclic) bond motifs is 3. The average molecular weight is 326 g/mol. The van der Waals surface area contributed by atoms with Crippen LogP contribution in [0.2, 0.25) is 5.02 Å². The van der Waals surface area contributed by atoms with Crippen LogP contribution in [0.15, 0.2) is 30.5 Å². The summed E-state index contributed by atoms with van der Waals surface area (Å²) in [6, 6.07) is 7.01. The smallest absolute Gasteiger partial charge is 0.264 e. The minimum absolute atomic E-state index is 0.0767. The van der Waals surface area contributed by atoms with Crippen molar-refractivity contribution in [3.05, 3.63) is 46.6 Å². The van der Waals surface area contributed by atoms with Crippen LogP contribution < -0.4 is 4.74 Å². The van der Waals surface area contributed by atoms with E-state index < -0.39 is 12.5 Å². The summed E-state index contributed by atoms with van der Waals surface area (Å²) in [4.78, 5) is 4.13. The molecule has 0 fully saturated rings. The zero-order chi connectivity index (χ0) is 15.7. The second-order valence-corrected chi connectivity index (χ2v) is 5.51. The monoisotopic (exact) mass is 325 g/mol. The summed E-state index contributed by atoms with van der Waals surface area (Å²) in [5, 5.41) is 0.551. The van der Waals surface area contributed by atoms with Crippen LogP contribution in [0.1, 0.15) is 11.1 Å². The molecule has 1 aliphatic heterocycles. The normalized spacial score (nSPS) is 17.4. The fraction of sp³-hybridized carbons (Fsp3) is 0.312. The lowest BCUT2D eigenvalue weighted by Gasteiger charge is -2.24. The number of aromatic nitrogens is 1. The third-order valence-corrected chi connectivity index (χ3v) is 3.92. The van der Waals surface area contributed by atoms with E-state index in [-0.39, 0.29) is 13.0 Å². The highest BCUT2D eigenvalue weighted by molar-refractivity contribution is 6.30. The Labute approximate surface area is 131 Å². The Kier molecular flexibility index (Phi) is 4.27. The second-order valence-electron chi connectivity index (χ2n) is 5.07. The molecule has 3 rings (SSSR count). The molecule has 1 aromatic heterocycles. The molecule has 0 amide bonds. The van der Waals surface area contributed by atoms with E-state index in [1.165, 1.54) is 7.11 Å². The van der Waals surface area contributed by atoms with Gasteiger partial charge in [-0.3, -0.25) is 0 Å². The molecule has 0 radical (unpaired) electrons. The Morgan fingerprint density at radius 3 is 2.77 bits per heavy atom. The van der Waals surface area contributed by atoms with Crippen LogP contribution in [0.25, 0.3) is 11.1 Å². The Balaban J connectivity index is 2.16. The van der Waals surface area contributed by atoms with E-state index in [9.17, 15) is 8.78 Å². The van der Waals surface area contributed by atoms with Gasteiger partial charge in [0.2, 0.25) is 5.88 Å². The van der Waals surface area contributed by atoms with Crippen LogP contribution in [0, 0.1) is 0 Å². The molecule has 1 unspecified atom stereocenters. The van der Waals surface area contributed by atoms with Gasteiger partial charge in [-0.15, -0.1) is 0 Å².